The molecular formula is C11H18N4. The Bertz CT molecular complexity index is 351. The van der Waals surface area contributed by atoms with Gasteiger partial charge in [0.2, 0.25) is 0 Å². The summed E-state index contributed by atoms with van der Waals surface area (Å²) < 4.78 is 2.06. The number of nitrogens with zero attached hydrogens (tertiary/aromatic N) is 3. The first-order chi connectivity index (χ1) is 7.36. The van der Waals surface area contributed by atoms with Gasteiger partial charge in [-0.3, -0.25) is 9.58 Å². The minimum atomic E-state index is 0.620. The van der Waals surface area contributed by atoms with E-state index in [1.54, 1.807) is 0 Å². The molecule has 1 aromatic rings. The Kier molecular flexibility index (Phi) is 2.25. The molecule has 82 valence electrons. The average molecular weight is 206 g/mol. The van der Waals surface area contributed by atoms with Crippen molar-refractivity contribution in [2.24, 2.45) is 7.05 Å². The molecule has 1 unspecified atom stereocenters. The van der Waals surface area contributed by atoms with Crippen LogP contribution in [-0.4, -0.2) is 40.9 Å². The molecule has 1 saturated heterocycles. The summed E-state index contributed by atoms with van der Waals surface area (Å²) in [6, 6.07) is 0.620. The third kappa shape index (κ3) is 1.48. The Morgan fingerprint density at radius 1 is 1.40 bits per heavy atom. The number of aryl methyl sites for hydroxylation is 2. The molecule has 4 nitrogen and oxygen atoms in total. The summed E-state index contributed by atoms with van der Waals surface area (Å²) in [7, 11) is 2.07. The number of piperazine rings is 1. The monoisotopic (exact) mass is 206 g/mol. The van der Waals surface area contributed by atoms with Gasteiger partial charge in [0, 0.05) is 33.2 Å². The van der Waals surface area contributed by atoms with Gasteiger partial charge in [0.25, 0.3) is 0 Å². The molecule has 2 aliphatic rings. The summed E-state index contributed by atoms with van der Waals surface area (Å²) in [5.74, 6) is 0. The summed E-state index contributed by atoms with van der Waals surface area (Å²) >= 11 is 0. The Hall–Kier alpha value is -0.870. The summed E-state index contributed by atoms with van der Waals surface area (Å²) in [6.07, 6.45) is 4.52. The highest BCUT2D eigenvalue weighted by Crippen LogP contribution is 2.35. The molecule has 4 heteroatoms. The fourth-order valence-electron chi connectivity index (χ4n) is 2.89. The lowest BCUT2D eigenvalue weighted by molar-refractivity contribution is 0.167. The Morgan fingerprint density at radius 3 is 3.00 bits per heavy atom. The van der Waals surface area contributed by atoms with Gasteiger partial charge in [-0.05, 0) is 18.4 Å². The molecule has 1 fully saturated rings. The van der Waals surface area contributed by atoms with Crippen LogP contribution in [0.2, 0.25) is 0 Å². The van der Waals surface area contributed by atoms with E-state index in [0.29, 0.717) is 6.04 Å². The van der Waals surface area contributed by atoms with E-state index in [1.165, 1.54) is 37.2 Å². The van der Waals surface area contributed by atoms with Gasteiger partial charge in [-0.25, -0.2) is 0 Å². The fraction of sp³-hybridized carbons (Fsp3) is 0.727. The normalized spacial score (nSPS) is 26.9. The lowest BCUT2D eigenvalue weighted by Crippen LogP contribution is -2.45. The summed E-state index contributed by atoms with van der Waals surface area (Å²) in [5, 5.41) is 7.76. The van der Waals surface area contributed by atoms with E-state index in [2.05, 4.69) is 27.0 Å². The minimum absolute atomic E-state index is 0.620. The number of nitrogens with one attached hydrogen (secondary N) is 1. The molecule has 3 rings (SSSR count). The Balaban J connectivity index is 1.85. The van der Waals surface area contributed by atoms with Crippen molar-refractivity contribution in [3.05, 3.63) is 17.5 Å². The predicted molar refractivity (Wildman–Crippen MR) is 58.7 cm³/mol. The van der Waals surface area contributed by atoms with Crippen molar-refractivity contribution >= 4 is 0 Å². The van der Waals surface area contributed by atoms with Crippen molar-refractivity contribution in [1.29, 1.82) is 0 Å². The Labute approximate surface area is 90.3 Å². The highest BCUT2D eigenvalue weighted by atomic mass is 15.3. The lowest BCUT2D eigenvalue weighted by Gasteiger charge is -2.33. The maximum atomic E-state index is 4.36. The number of hydrogen-bond donors (Lipinski definition) is 1. The van der Waals surface area contributed by atoms with Crippen LogP contribution < -0.4 is 5.32 Å². The van der Waals surface area contributed by atoms with Crippen LogP contribution in [0.4, 0.5) is 0 Å². The van der Waals surface area contributed by atoms with Gasteiger partial charge in [-0.1, -0.05) is 0 Å². The van der Waals surface area contributed by atoms with Gasteiger partial charge >= 0.3 is 0 Å². The van der Waals surface area contributed by atoms with Crippen molar-refractivity contribution in [2.45, 2.75) is 18.9 Å². The van der Waals surface area contributed by atoms with E-state index in [1.807, 2.05) is 6.20 Å². The number of hydrogen-bond acceptors (Lipinski definition) is 3. The van der Waals surface area contributed by atoms with Crippen LogP contribution in [0.3, 0.4) is 0 Å². The van der Waals surface area contributed by atoms with Gasteiger partial charge in [0.1, 0.15) is 0 Å². The molecule has 0 saturated carbocycles. The summed E-state index contributed by atoms with van der Waals surface area (Å²) in [4.78, 5) is 2.60. The first kappa shape index (κ1) is 9.36. The summed E-state index contributed by atoms with van der Waals surface area (Å²) in [6.45, 7) is 4.61. The molecular weight excluding hydrogens is 188 g/mol. The van der Waals surface area contributed by atoms with E-state index in [9.17, 15) is 0 Å². The standard InChI is InChI=1S/C11H18N4/c1-14-11-9(8-13-14)2-3-10(11)15-6-4-12-5-7-15/h8,10,12H,2-7H2,1H3. The topological polar surface area (TPSA) is 33.1 Å². The van der Waals surface area contributed by atoms with E-state index in [4.69, 9.17) is 0 Å². The molecule has 15 heavy (non-hydrogen) atoms. The second kappa shape index (κ2) is 3.61. The zero-order valence-corrected chi connectivity index (χ0v) is 9.24. The van der Waals surface area contributed by atoms with E-state index < -0.39 is 0 Å². The highest BCUT2D eigenvalue weighted by Gasteiger charge is 2.31. The summed E-state index contributed by atoms with van der Waals surface area (Å²) in [5.41, 5.74) is 2.91. The number of aromatic nitrogens is 2. The highest BCUT2D eigenvalue weighted by molar-refractivity contribution is 5.27. The first-order valence-electron chi connectivity index (χ1n) is 5.82. The van der Waals surface area contributed by atoms with Crippen LogP contribution in [0.1, 0.15) is 23.7 Å². The van der Waals surface area contributed by atoms with Gasteiger partial charge in [-0.2, -0.15) is 5.10 Å². The van der Waals surface area contributed by atoms with Crippen molar-refractivity contribution in [3.63, 3.8) is 0 Å². The molecule has 1 aromatic heterocycles. The molecule has 0 bridgehead atoms. The Morgan fingerprint density at radius 2 is 2.20 bits per heavy atom. The molecule has 0 amide bonds. The molecule has 1 N–H and O–H groups in total. The van der Waals surface area contributed by atoms with Crippen molar-refractivity contribution in [2.75, 3.05) is 26.2 Å². The average Bonchev–Trinajstić information content (AvgIpc) is 2.84. The number of rotatable bonds is 1. The third-order valence-electron chi connectivity index (χ3n) is 3.66. The largest absolute Gasteiger partial charge is 0.314 e. The van der Waals surface area contributed by atoms with Gasteiger partial charge < -0.3 is 5.32 Å². The van der Waals surface area contributed by atoms with Crippen LogP contribution in [0, 0.1) is 0 Å². The van der Waals surface area contributed by atoms with Gasteiger partial charge in [-0.15, -0.1) is 0 Å². The van der Waals surface area contributed by atoms with Gasteiger partial charge in [0.15, 0.2) is 0 Å². The van der Waals surface area contributed by atoms with E-state index in [-0.39, 0.29) is 0 Å². The minimum Gasteiger partial charge on any atom is -0.314 e. The van der Waals surface area contributed by atoms with Gasteiger partial charge in [0.05, 0.1) is 17.9 Å². The number of fused-ring (bicyclic) bond motifs is 1. The van der Waals surface area contributed by atoms with Crippen LogP contribution in [0.25, 0.3) is 0 Å². The molecule has 0 aromatic carbocycles. The van der Waals surface area contributed by atoms with Crippen molar-refractivity contribution < 1.29 is 0 Å². The zero-order valence-electron chi connectivity index (χ0n) is 9.24. The van der Waals surface area contributed by atoms with Crippen molar-refractivity contribution in [3.8, 4) is 0 Å². The SMILES string of the molecule is Cn1ncc2c1C(N1CCNCC1)CC2. The van der Waals surface area contributed by atoms with Crippen molar-refractivity contribution in [1.82, 2.24) is 20.0 Å². The van der Waals surface area contributed by atoms with E-state index in [0.717, 1.165) is 13.1 Å². The molecule has 2 heterocycles. The van der Waals surface area contributed by atoms with Crippen LogP contribution in [0.5, 0.6) is 0 Å². The quantitative estimate of drug-likeness (QED) is 0.718. The second-order valence-electron chi connectivity index (χ2n) is 4.52. The maximum absolute atomic E-state index is 4.36. The first-order valence-corrected chi connectivity index (χ1v) is 5.82. The molecule has 0 radical (unpaired) electrons. The molecule has 1 aliphatic heterocycles. The van der Waals surface area contributed by atoms with E-state index >= 15 is 0 Å². The molecule has 1 atom stereocenters. The second-order valence-corrected chi connectivity index (χ2v) is 4.52. The molecule has 1 aliphatic carbocycles. The predicted octanol–water partition coefficient (Wildman–Crippen LogP) is 0.313. The zero-order chi connectivity index (χ0) is 10.3. The smallest absolute Gasteiger partial charge is 0.0584 e. The molecule has 0 spiro atoms. The third-order valence-corrected chi connectivity index (χ3v) is 3.66. The van der Waals surface area contributed by atoms with Crippen LogP contribution in [0.15, 0.2) is 6.20 Å². The van der Waals surface area contributed by atoms with Crippen LogP contribution >= 0.6 is 0 Å². The fourth-order valence-corrected chi connectivity index (χ4v) is 2.89. The lowest BCUT2D eigenvalue weighted by atomic mass is 10.1. The maximum Gasteiger partial charge on any atom is 0.0584 e. The van der Waals surface area contributed by atoms with Crippen LogP contribution in [-0.2, 0) is 13.5 Å².